The van der Waals surface area contributed by atoms with Gasteiger partial charge in [0.15, 0.2) is 0 Å². The smallest absolute Gasteiger partial charge is 0.261 e. The maximum Gasteiger partial charge on any atom is 0.261 e. The summed E-state index contributed by atoms with van der Waals surface area (Å²) in [5.41, 5.74) is 2.13. The first-order chi connectivity index (χ1) is 11.0. The third-order valence-corrected chi connectivity index (χ3v) is 6.43. The van der Waals surface area contributed by atoms with E-state index in [4.69, 9.17) is 0 Å². The number of aromatic amines is 1. The first-order valence-electron chi connectivity index (χ1n) is 8.30. The van der Waals surface area contributed by atoms with Crippen LogP contribution in [-0.4, -0.2) is 53.5 Å². The number of aromatic nitrogens is 1. The second-order valence-electron chi connectivity index (χ2n) is 6.83. The minimum absolute atomic E-state index is 0.00129. The van der Waals surface area contributed by atoms with Crippen molar-refractivity contribution >= 4 is 17.7 Å². The number of amides is 1. The van der Waals surface area contributed by atoms with Crippen molar-refractivity contribution in [3.8, 4) is 0 Å². The molecule has 2 aliphatic rings. The molecule has 1 aromatic rings. The van der Waals surface area contributed by atoms with Crippen LogP contribution in [0.1, 0.15) is 40.9 Å². The molecular weight excluding hydrogens is 310 g/mol. The fourth-order valence-electron chi connectivity index (χ4n) is 3.43. The van der Waals surface area contributed by atoms with Crippen molar-refractivity contribution in [2.24, 2.45) is 0 Å². The summed E-state index contributed by atoms with van der Waals surface area (Å²) in [6.07, 6.45) is 5.15. The van der Waals surface area contributed by atoms with Crippen LogP contribution in [-0.2, 0) is 12.8 Å². The molecule has 5 nitrogen and oxygen atoms in total. The van der Waals surface area contributed by atoms with E-state index >= 15 is 0 Å². The number of carbonyl (C=O) groups is 1. The zero-order valence-electron chi connectivity index (χ0n) is 13.9. The molecule has 1 aromatic heterocycles. The number of fused-ring (bicyclic) bond motifs is 1. The molecule has 0 saturated carbocycles. The van der Waals surface area contributed by atoms with Crippen LogP contribution in [0.2, 0.25) is 0 Å². The monoisotopic (exact) mass is 335 g/mol. The normalized spacial score (nSPS) is 23.8. The fourth-order valence-corrected chi connectivity index (χ4v) is 4.98. The number of likely N-dealkylation sites (N-methyl/N-ethyl adjacent to an activating group) is 1. The number of hydrogen-bond acceptors (Lipinski definition) is 4. The molecule has 3 rings (SSSR count). The number of thioether (sulfide) groups is 1. The van der Waals surface area contributed by atoms with Crippen molar-refractivity contribution in [2.45, 2.75) is 37.6 Å². The number of nitrogens with zero attached hydrogens (tertiary/aromatic N) is 1. The molecule has 2 heterocycles. The lowest BCUT2D eigenvalue weighted by Gasteiger charge is -2.35. The van der Waals surface area contributed by atoms with Gasteiger partial charge < -0.3 is 15.2 Å². The van der Waals surface area contributed by atoms with Crippen LogP contribution >= 0.6 is 11.8 Å². The molecule has 1 saturated heterocycles. The summed E-state index contributed by atoms with van der Waals surface area (Å²) in [6, 6.07) is 1.80. The summed E-state index contributed by atoms with van der Waals surface area (Å²) in [5, 5.41) is 3.00. The van der Waals surface area contributed by atoms with E-state index in [1.165, 1.54) is 0 Å². The van der Waals surface area contributed by atoms with Crippen LogP contribution in [0.5, 0.6) is 0 Å². The van der Waals surface area contributed by atoms with Gasteiger partial charge in [-0.1, -0.05) is 0 Å². The fraction of sp³-hybridized carbons (Fsp3) is 0.647. The highest BCUT2D eigenvalue weighted by Gasteiger charge is 2.37. The van der Waals surface area contributed by atoms with Gasteiger partial charge in [-0.3, -0.25) is 9.59 Å². The minimum atomic E-state index is -0.261. The SMILES string of the molecule is CN(C)[C@@]1(CNC(=O)c2cc3c([nH]c2=O)CCCC3)CCSC1. The van der Waals surface area contributed by atoms with Crippen molar-refractivity contribution in [1.29, 1.82) is 0 Å². The summed E-state index contributed by atoms with van der Waals surface area (Å²) in [6.45, 7) is 0.586. The first-order valence-corrected chi connectivity index (χ1v) is 9.46. The molecule has 1 aliphatic carbocycles. The molecule has 23 heavy (non-hydrogen) atoms. The lowest BCUT2D eigenvalue weighted by Crippen LogP contribution is -2.53. The van der Waals surface area contributed by atoms with Gasteiger partial charge >= 0.3 is 0 Å². The summed E-state index contributed by atoms with van der Waals surface area (Å²) >= 11 is 1.92. The number of rotatable bonds is 4. The Kier molecular flexibility index (Phi) is 4.82. The zero-order chi connectivity index (χ0) is 16.4. The minimum Gasteiger partial charge on any atom is -0.350 e. The Balaban J connectivity index is 1.75. The average molecular weight is 335 g/mol. The summed E-state index contributed by atoms with van der Waals surface area (Å²) in [7, 11) is 4.12. The number of pyridine rings is 1. The third-order valence-electron chi connectivity index (χ3n) is 5.19. The van der Waals surface area contributed by atoms with Crippen LogP contribution in [0.4, 0.5) is 0 Å². The Bertz CT molecular complexity index is 648. The molecule has 0 radical (unpaired) electrons. The highest BCUT2D eigenvalue weighted by Crippen LogP contribution is 2.31. The Morgan fingerprint density at radius 2 is 2.17 bits per heavy atom. The summed E-state index contributed by atoms with van der Waals surface area (Å²) in [5.74, 6) is 1.88. The van der Waals surface area contributed by atoms with Crippen LogP contribution in [0.3, 0.4) is 0 Å². The van der Waals surface area contributed by atoms with Gasteiger partial charge in [0.2, 0.25) is 0 Å². The molecule has 1 amide bonds. The summed E-state index contributed by atoms with van der Waals surface area (Å²) < 4.78 is 0. The van der Waals surface area contributed by atoms with E-state index in [1.54, 1.807) is 6.07 Å². The van der Waals surface area contributed by atoms with Crippen LogP contribution < -0.4 is 10.9 Å². The van der Waals surface area contributed by atoms with Gasteiger partial charge in [-0.15, -0.1) is 0 Å². The van der Waals surface area contributed by atoms with E-state index in [1.807, 2.05) is 11.8 Å². The Hall–Kier alpha value is -1.27. The maximum atomic E-state index is 12.5. The number of aryl methyl sites for hydroxylation is 2. The Labute approximate surface area is 141 Å². The van der Waals surface area contributed by atoms with Gasteiger partial charge in [0.25, 0.3) is 11.5 Å². The molecule has 2 N–H and O–H groups in total. The molecule has 0 spiro atoms. The molecule has 0 bridgehead atoms. The number of hydrogen-bond donors (Lipinski definition) is 2. The van der Waals surface area contributed by atoms with Crippen molar-refractivity contribution in [2.75, 3.05) is 32.1 Å². The zero-order valence-corrected chi connectivity index (χ0v) is 14.7. The van der Waals surface area contributed by atoms with E-state index in [0.717, 1.165) is 54.9 Å². The van der Waals surface area contributed by atoms with E-state index < -0.39 is 0 Å². The molecule has 1 aliphatic heterocycles. The van der Waals surface area contributed by atoms with Gasteiger partial charge in [0.1, 0.15) is 5.56 Å². The summed E-state index contributed by atoms with van der Waals surface area (Å²) in [4.78, 5) is 29.8. The largest absolute Gasteiger partial charge is 0.350 e. The van der Waals surface area contributed by atoms with Gasteiger partial charge in [0, 0.05) is 23.5 Å². The quantitative estimate of drug-likeness (QED) is 0.873. The first kappa shape index (κ1) is 16.6. The van der Waals surface area contributed by atoms with Crippen molar-refractivity contribution < 1.29 is 4.79 Å². The Morgan fingerprint density at radius 3 is 2.87 bits per heavy atom. The Morgan fingerprint density at radius 1 is 1.39 bits per heavy atom. The molecule has 0 unspecified atom stereocenters. The van der Waals surface area contributed by atoms with Crippen molar-refractivity contribution in [1.82, 2.24) is 15.2 Å². The lowest BCUT2D eigenvalue weighted by molar-refractivity contribution is 0.0912. The number of carbonyl (C=O) groups excluding carboxylic acids is 1. The molecule has 0 aromatic carbocycles. The average Bonchev–Trinajstić information content (AvgIpc) is 3.02. The molecule has 1 atom stereocenters. The number of H-pyrrole nitrogens is 1. The lowest BCUT2D eigenvalue weighted by atomic mass is 9.94. The van der Waals surface area contributed by atoms with Crippen molar-refractivity contribution in [3.63, 3.8) is 0 Å². The predicted molar refractivity (Wildman–Crippen MR) is 94.4 cm³/mol. The molecule has 6 heteroatoms. The van der Waals surface area contributed by atoms with Gasteiger partial charge in [0.05, 0.1) is 0 Å². The van der Waals surface area contributed by atoms with E-state index in [-0.39, 0.29) is 22.6 Å². The topological polar surface area (TPSA) is 65.2 Å². The molecule has 126 valence electrons. The third kappa shape index (κ3) is 3.33. The standard InChI is InChI=1S/C17H25N3O2S/c1-20(2)17(7-8-23-11-17)10-18-15(21)13-9-12-5-3-4-6-14(12)19-16(13)22/h9H,3-8,10-11H2,1-2H3,(H,18,21)(H,19,22)/t17-/m1/s1. The maximum absolute atomic E-state index is 12.5. The highest BCUT2D eigenvalue weighted by atomic mass is 32.2. The van der Waals surface area contributed by atoms with Crippen LogP contribution in [0.25, 0.3) is 0 Å². The van der Waals surface area contributed by atoms with E-state index in [2.05, 4.69) is 29.3 Å². The van der Waals surface area contributed by atoms with Gasteiger partial charge in [-0.05, 0) is 63.6 Å². The molecule has 1 fully saturated rings. The highest BCUT2D eigenvalue weighted by molar-refractivity contribution is 7.99. The van der Waals surface area contributed by atoms with Crippen LogP contribution in [0, 0.1) is 0 Å². The number of nitrogens with one attached hydrogen (secondary N) is 2. The predicted octanol–water partition coefficient (Wildman–Crippen LogP) is 1.42. The van der Waals surface area contributed by atoms with E-state index in [0.29, 0.717) is 6.54 Å². The van der Waals surface area contributed by atoms with E-state index in [9.17, 15) is 9.59 Å². The van der Waals surface area contributed by atoms with Crippen LogP contribution in [0.15, 0.2) is 10.9 Å². The second kappa shape index (κ2) is 6.69. The van der Waals surface area contributed by atoms with Gasteiger partial charge in [-0.25, -0.2) is 0 Å². The van der Waals surface area contributed by atoms with Gasteiger partial charge in [-0.2, -0.15) is 11.8 Å². The second-order valence-corrected chi connectivity index (χ2v) is 7.93. The molecular formula is C17H25N3O2S. The van der Waals surface area contributed by atoms with Crippen molar-refractivity contribution in [3.05, 3.63) is 33.2 Å².